The highest BCUT2D eigenvalue weighted by Gasteiger charge is 2.29. The Balaban J connectivity index is 2.00. The van der Waals surface area contributed by atoms with Crippen molar-refractivity contribution in [2.24, 2.45) is 12.1 Å². The summed E-state index contributed by atoms with van der Waals surface area (Å²) in [5.74, 6) is 0.594. The van der Waals surface area contributed by atoms with Crippen molar-refractivity contribution in [3.63, 3.8) is 0 Å². The van der Waals surface area contributed by atoms with E-state index in [2.05, 4.69) is 10.1 Å². The van der Waals surface area contributed by atoms with Crippen LogP contribution >= 0.6 is 0 Å². The summed E-state index contributed by atoms with van der Waals surface area (Å²) in [5, 5.41) is 6.34. The molecule has 3 aromatic rings. The Morgan fingerprint density at radius 1 is 1.18 bits per heavy atom. The van der Waals surface area contributed by atoms with E-state index in [1.54, 1.807) is 12.1 Å². The van der Waals surface area contributed by atoms with E-state index < -0.39 is 0 Å². The van der Waals surface area contributed by atoms with Gasteiger partial charge in [0.05, 0.1) is 18.3 Å². The molecule has 0 radical (unpaired) electrons. The van der Waals surface area contributed by atoms with Crippen LogP contribution in [-0.2, 0) is 13.6 Å². The minimum Gasteiger partial charge on any atom is -0.294 e. The van der Waals surface area contributed by atoms with Crippen molar-refractivity contribution in [1.82, 2.24) is 18.7 Å². The molecule has 8 nitrogen and oxygen atoms in total. The van der Waals surface area contributed by atoms with Crippen LogP contribution in [0, 0.1) is 6.92 Å². The van der Waals surface area contributed by atoms with Crippen molar-refractivity contribution < 1.29 is 0 Å². The molecule has 28 heavy (non-hydrogen) atoms. The smallest absolute Gasteiger partial charge is 0.294 e. The number of hydrazone groups is 1. The summed E-state index contributed by atoms with van der Waals surface area (Å²) in [4.78, 5) is 30.9. The molecule has 0 saturated carbocycles. The number of aryl methyl sites for hydroxylation is 2. The molecule has 3 heterocycles. The van der Waals surface area contributed by atoms with Crippen molar-refractivity contribution in [3.8, 4) is 0 Å². The number of hydrogen-bond donors (Lipinski definition) is 0. The summed E-state index contributed by atoms with van der Waals surface area (Å²) in [6, 6.07) is 7.72. The van der Waals surface area contributed by atoms with Crippen LogP contribution < -0.4 is 16.3 Å². The molecule has 4 rings (SSSR count). The van der Waals surface area contributed by atoms with E-state index in [-0.39, 0.29) is 23.8 Å². The molecule has 0 saturated heterocycles. The number of nitrogens with zero attached hydrogens (tertiary/aromatic N) is 6. The number of benzene rings is 1. The third-order valence-corrected chi connectivity index (χ3v) is 5.38. The first-order chi connectivity index (χ1) is 13.3. The standard InChI is InChI=1S/C20H24N6O2/c1-6-25-19-21-17-16(26(19)14(4)13(3)22-25)18(27)24(20(28)23(17)5)11-15-9-7-8-12(2)10-15/h7-10,14H,6,11H2,1-5H3/t14-/m1/s1. The number of hydrogen-bond acceptors (Lipinski definition) is 5. The summed E-state index contributed by atoms with van der Waals surface area (Å²) in [6.07, 6.45) is 0. The molecular formula is C20H24N6O2. The van der Waals surface area contributed by atoms with Crippen molar-refractivity contribution >= 4 is 22.8 Å². The maximum absolute atomic E-state index is 13.4. The van der Waals surface area contributed by atoms with Crippen LogP contribution in [0.2, 0.25) is 0 Å². The minimum absolute atomic E-state index is 0.111. The monoisotopic (exact) mass is 380 g/mol. The summed E-state index contributed by atoms with van der Waals surface area (Å²) in [5.41, 5.74) is 3.03. The van der Waals surface area contributed by atoms with Crippen LogP contribution in [0.3, 0.4) is 0 Å². The molecule has 0 amide bonds. The number of aromatic nitrogens is 4. The molecule has 2 aromatic heterocycles. The lowest BCUT2D eigenvalue weighted by atomic mass is 10.1. The highest BCUT2D eigenvalue weighted by atomic mass is 16.2. The van der Waals surface area contributed by atoms with Crippen molar-refractivity contribution in [2.45, 2.75) is 40.3 Å². The van der Waals surface area contributed by atoms with Gasteiger partial charge in [0.1, 0.15) is 0 Å². The van der Waals surface area contributed by atoms with Gasteiger partial charge in [-0.05, 0) is 33.3 Å². The third kappa shape index (κ3) is 2.59. The van der Waals surface area contributed by atoms with Gasteiger partial charge in [-0.1, -0.05) is 29.8 Å². The van der Waals surface area contributed by atoms with Crippen LogP contribution in [0.15, 0.2) is 39.0 Å². The van der Waals surface area contributed by atoms with E-state index in [9.17, 15) is 9.59 Å². The van der Waals surface area contributed by atoms with Crippen molar-refractivity contribution in [2.75, 3.05) is 11.6 Å². The van der Waals surface area contributed by atoms with Gasteiger partial charge in [0, 0.05) is 13.6 Å². The van der Waals surface area contributed by atoms with Gasteiger partial charge in [0.2, 0.25) is 5.95 Å². The highest BCUT2D eigenvalue weighted by molar-refractivity contribution is 5.91. The molecule has 0 bridgehead atoms. The summed E-state index contributed by atoms with van der Waals surface area (Å²) >= 11 is 0. The van der Waals surface area contributed by atoms with Crippen LogP contribution in [0.5, 0.6) is 0 Å². The Morgan fingerprint density at radius 2 is 1.93 bits per heavy atom. The van der Waals surface area contributed by atoms with E-state index in [0.717, 1.165) is 16.8 Å². The predicted octanol–water partition coefficient (Wildman–Crippen LogP) is 2.03. The second-order valence-corrected chi connectivity index (χ2v) is 7.31. The molecule has 1 atom stereocenters. The van der Waals surface area contributed by atoms with Crippen LogP contribution in [0.4, 0.5) is 5.95 Å². The van der Waals surface area contributed by atoms with Gasteiger partial charge >= 0.3 is 5.69 Å². The third-order valence-electron chi connectivity index (χ3n) is 5.38. The molecule has 1 aliphatic rings. The summed E-state index contributed by atoms with van der Waals surface area (Å²) in [7, 11) is 1.66. The topological polar surface area (TPSA) is 77.4 Å². The fourth-order valence-electron chi connectivity index (χ4n) is 3.73. The van der Waals surface area contributed by atoms with Gasteiger partial charge in [0.25, 0.3) is 5.56 Å². The zero-order valence-electron chi connectivity index (χ0n) is 16.8. The van der Waals surface area contributed by atoms with E-state index in [1.807, 2.05) is 56.5 Å². The first kappa shape index (κ1) is 18.2. The Kier molecular flexibility index (Phi) is 4.21. The molecule has 1 aliphatic heterocycles. The zero-order valence-corrected chi connectivity index (χ0v) is 16.8. The fourth-order valence-corrected chi connectivity index (χ4v) is 3.73. The number of rotatable bonds is 3. The van der Waals surface area contributed by atoms with Gasteiger partial charge in [0.15, 0.2) is 11.2 Å². The molecule has 0 fully saturated rings. The van der Waals surface area contributed by atoms with Crippen LogP contribution in [-0.4, -0.2) is 30.9 Å². The Hall–Kier alpha value is -3.16. The predicted molar refractivity (Wildman–Crippen MR) is 110 cm³/mol. The lowest BCUT2D eigenvalue weighted by Crippen LogP contribution is -2.40. The van der Waals surface area contributed by atoms with E-state index in [4.69, 9.17) is 0 Å². The average Bonchev–Trinajstić information content (AvgIpc) is 3.07. The van der Waals surface area contributed by atoms with Crippen LogP contribution in [0.1, 0.15) is 37.9 Å². The molecule has 0 aliphatic carbocycles. The summed E-state index contributed by atoms with van der Waals surface area (Å²) < 4.78 is 4.64. The summed E-state index contributed by atoms with van der Waals surface area (Å²) in [6.45, 7) is 8.75. The first-order valence-electron chi connectivity index (χ1n) is 9.43. The van der Waals surface area contributed by atoms with Gasteiger partial charge in [-0.3, -0.25) is 18.5 Å². The lowest BCUT2D eigenvalue weighted by molar-refractivity contribution is 0.631. The number of anilines is 1. The quantitative estimate of drug-likeness (QED) is 0.697. The van der Waals surface area contributed by atoms with Crippen LogP contribution in [0.25, 0.3) is 11.2 Å². The van der Waals surface area contributed by atoms with E-state index in [1.165, 1.54) is 9.13 Å². The normalized spacial score (nSPS) is 16.4. The first-order valence-corrected chi connectivity index (χ1v) is 9.43. The van der Waals surface area contributed by atoms with Gasteiger partial charge < -0.3 is 0 Å². The Labute approximate surface area is 162 Å². The Bertz CT molecular complexity index is 1230. The second-order valence-electron chi connectivity index (χ2n) is 7.31. The lowest BCUT2D eigenvalue weighted by Gasteiger charge is -2.28. The van der Waals surface area contributed by atoms with E-state index >= 15 is 0 Å². The average molecular weight is 380 g/mol. The molecule has 0 unspecified atom stereocenters. The SMILES string of the molecule is CCN1N=C(C)[C@@H](C)n2c1nc1c2c(=O)n(Cc2cccc(C)c2)c(=O)n1C. The molecule has 146 valence electrons. The molecule has 1 aromatic carbocycles. The maximum atomic E-state index is 13.4. The molecule has 0 spiro atoms. The fraction of sp³-hybridized carbons (Fsp3) is 0.400. The number of fused-ring (bicyclic) bond motifs is 3. The van der Waals surface area contributed by atoms with Crippen molar-refractivity contribution in [1.29, 1.82) is 0 Å². The molecule has 8 heteroatoms. The second kappa shape index (κ2) is 6.47. The Morgan fingerprint density at radius 3 is 2.61 bits per heavy atom. The minimum atomic E-state index is -0.372. The van der Waals surface area contributed by atoms with Gasteiger partial charge in [-0.15, -0.1) is 0 Å². The van der Waals surface area contributed by atoms with Gasteiger partial charge in [-0.2, -0.15) is 10.1 Å². The molecule has 0 N–H and O–H groups in total. The van der Waals surface area contributed by atoms with Gasteiger partial charge in [-0.25, -0.2) is 9.80 Å². The molecular weight excluding hydrogens is 356 g/mol. The largest absolute Gasteiger partial charge is 0.332 e. The highest BCUT2D eigenvalue weighted by Crippen LogP contribution is 2.29. The zero-order chi connectivity index (χ0) is 20.2. The number of imidazole rings is 1. The maximum Gasteiger partial charge on any atom is 0.332 e. The van der Waals surface area contributed by atoms with E-state index in [0.29, 0.717) is 23.7 Å². The van der Waals surface area contributed by atoms with Crippen molar-refractivity contribution in [3.05, 3.63) is 56.2 Å².